The fraction of sp³-hybridized carbons (Fsp3) is 0.417. The van der Waals surface area contributed by atoms with Crippen LogP contribution in [0.25, 0.3) is 0 Å². The molecule has 0 aliphatic carbocycles. The molecule has 1 heterocycles. The first-order valence-corrected chi connectivity index (χ1v) is 5.11. The van der Waals surface area contributed by atoms with Crippen LogP contribution in [0.5, 0.6) is 5.75 Å². The lowest BCUT2D eigenvalue weighted by molar-refractivity contribution is 0.0974. The Kier molecular flexibility index (Phi) is 2.73. The molecule has 3 nitrogen and oxygen atoms in total. The molecule has 80 valence electrons. The van der Waals surface area contributed by atoms with Gasteiger partial charge in [-0.25, -0.2) is 0 Å². The topological polar surface area (TPSA) is 29.3 Å². The molecule has 3 heteroatoms. The average Bonchev–Trinajstić information content (AvgIpc) is 3.01. The Morgan fingerprint density at radius 3 is 2.73 bits per heavy atom. The maximum atomic E-state index is 11.8. The number of carbonyl (C=O) groups excluding carboxylic acids is 1. The van der Waals surface area contributed by atoms with Crippen LogP contribution >= 0.6 is 0 Å². The molecule has 0 saturated carbocycles. The first-order valence-electron chi connectivity index (χ1n) is 5.11. The van der Waals surface area contributed by atoms with Crippen molar-refractivity contribution in [2.24, 2.45) is 0 Å². The van der Waals surface area contributed by atoms with Gasteiger partial charge in [-0.2, -0.15) is 0 Å². The van der Waals surface area contributed by atoms with E-state index in [2.05, 4.69) is 4.90 Å². The zero-order valence-electron chi connectivity index (χ0n) is 9.12. The third kappa shape index (κ3) is 2.36. The van der Waals surface area contributed by atoms with E-state index in [0.29, 0.717) is 6.54 Å². The van der Waals surface area contributed by atoms with Crippen LogP contribution in [0.15, 0.2) is 18.2 Å². The monoisotopic (exact) mass is 205 g/mol. The fourth-order valence-electron chi connectivity index (χ4n) is 1.58. The second kappa shape index (κ2) is 4.03. The van der Waals surface area contributed by atoms with Crippen molar-refractivity contribution >= 4 is 5.78 Å². The molecule has 2 rings (SSSR count). The molecule has 1 saturated heterocycles. The van der Waals surface area contributed by atoms with Crippen molar-refractivity contribution in [2.75, 3.05) is 26.7 Å². The van der Waals surface area contributed by atoms with Crippen LogP contribution in [0.2, 0.25) is 0 Å². The highest BCUT2D eigenvalue weighted by Crippen LogP contribution is 2.19. The molecule has 0 radical (unpaired) electrons. The summed E-state index contributed by atoms with van der Waals surface area (Å²) in [6, 6.07) is 5.58. The Bertz CT molecular complexity index is 383. The van der Waals surface area contributed by atoms with E-state index in [1.54, 1.807) is 7.11 Å². The van der Waals surface area contributed by atoms with Gasteiger partial charge in [0.2, 0.25) is 0 Å². The Morgan fingerprint density at radius 1 is 1.47 bits per heavy atom. The second-order valence-corrected chi connectivity index (χ2v) is 3.88. The van der Waals surface area contributed by atoms with Crippen LogP contribution in [0, 0.1) is 6.92 Å². The van der Waals surface area contributed by atoms with Gasteiger partial charge < -0.3 is 4.74 Å². The lowest BCUT2D eigenvalue weighted by Gasteiger charge is -2.06. The van der Waals surface area contributed by atoms with Gasteiger partial charge in [0.25, 0.3) is 0 Å². The third-order valence-corrected chi connectivity index (χ3v) is 2.62. The highest BCUT2D eigenvalue weighted by molar-refractivity contribution is 5.98. The number of methoxy groups -OCH3 is 1. The smallest absolute Gasteiger partial charge is 0.176 e. The summed E-state index contributed by atoms with van der Waals surface area (Å²) in [5.41, 5.74) is 1.79. The SMILES string of the molecule is COc1ccc(C(=O)CN2CC2)cc1C. The van der Waals surface area contributed by atoms with E-state index < -0.39 is 0 Å². The molecule has 0 atom stereocenters. The van der Waals surface area contributed by atoms with Crippen molar-refractivity contribution in [3.8, 4) is 5.75 Å². The second-order valence-electron chi connectivity index (χ2n) is 3.88. The van der Waals surface area contributed by atoms with E-state index in [4.69, 9.17) is 4.74 Å². The van der Waals surface area contributed by atoms with Gasteiger partial charge in [0.15, 0.2) is 5.78 Å². The zero-order valence-corrected chi connectivity index (χ0v) is 9.12. The molecule has 1 fully saturated rings. The van der Waals surface area contributed by atoms with Crippen LogP contribution in [0.3, 0.4) is 0 Å². The number of nitrogens with zero attached hydrogens (tertiary/aromatic N) is 1. The summed E-state index contributed by atoms with van der Waals surface area (Å²) in [4.78, 5) is 13.9. The van der Waals surface area contributed by atoms with E-state index in [0.717, 1.165) is 30.0 Å². The molecule has 0 amide bonds. The number of aryl methyl sites for hydroxylation is 1. The Balaban J connectivity index is 2.13. The van der Waals surface area contributed by atoms with Gasteiger partial charge in [-0.05, 0) is 30.7 Å². The summed E-state index contributed by atoms with van der Waals surface area (Å²) in [5, 5.41) is 0. The Morgan fingerprint density at radius 2 is 2.20 bits per heavy atom. The van der Waals surface area contributed by atoms with Crippen molar-refractivity contribution in [3.63, 3.8) is 0 Å². The molecular formula is C12H15NO2. The summed E-state index contributed by atoms with van der Waals surface area (Å²) in [6.45, 7) is 4.61. The molecule has 0 aromatic heterocycles. The van der Waals surface area contributed by atoms with Crippen molar-refractivity contribution in [2.45, 2.75) is 6.92 Å². The lowest BCUT2D eigenvalue weighted by atomic mass is 10.1. The molecule has 0 bridgehead atoms. The van der Waals surface area contributed by atoms with E-state index in [-0.39, 0.29) is 5.78 Å². The number of rotatable bonds is 4. The minimum Gasteiger partial charge on any atom is -0.496 e. The Hall–Kier alpha value is -1.35. The minimum absolute atomic E-state index is 0.193. The zero-order chi connectivity index (χ0) is 10.8. The number of ether oxygens (including phenoxy) is 1. The van der Waals surface area contributed by atoms with Gasteiger partial charge in [-0.3, -0.25) is 9.69 Å². The van der Waals surface area contributed by atoms with Gasteiger partial charge in [0, 0.05) is 18.7 Å². The largest absolute Gasteiger partial charge is 0.496 e. The molecule has 1 aliphatic rings. The number of ketones is 1. The molecule has 0 spiro atoms. The first-order chi connectivity index (χ1) is 7.20. The molecule has 0 N–H and O–H groups in total. The number of benzene rings is 1. The standard InChI is InChI=1S/C12H15NO2/c1-9-7-10(3-4-12(9)15-2)11(14)8-13-5-6-13/h3-4,7H,5-6,8H2,1-2H3. The number of Topliss-reactive ketones (excluding diaryl/α,β-unsaturated/α-hetero) is 1. The molecule has 1 aromatic rings. The van der Waals surface area contributed by atoms with Crippen molar-refractivity contribution in [1.29, 1.82) is 0 Å². The Labute approximate surface area is 89.7 Å². The summed E-state index contributed by atoms with van der Waals surface area (Å²) < 4.78 is 5.15. The minimum atomic E-state index is 0.193. The lowest BCUT2D eigenvalue weighted by Crippen LogP contribution is -2.13. The maximum Gasteiger partial charge on any atom is 0.176 e. The predicted octanol–water partition coefficient (Wildman–Crippen LogP) is 1.50. The van der Waals surface area contributed by atoms with Gasteiger partial charge in [0.05, 0.1) is 13.7 Å². The summed E-state index contributed by atoms with van der Waals surface area (Å²) in [7, 11) is 1.64. The van der Waals surface area contributed by atoms with E-state index >= 15 is 0 Å². The van der Waals surface area contributed by atoms with E-state index in [9.17, 15) is 4.79 Å². The normalized spacial score (nSPS) is 15.1. The van der Waals surface area contributed by atoms with Gasteiger partial charge in [-0.15, -0.1) is 0 Å². The first kappa shape index (κ1) is 10.2. The molecule has 15 heavy (non-hydrogen) atoms. The summed E-state index contributed by atoms with van der Waals surface area (Å²) >= 11 is 0. The quantitative estimate of drug-likeness (QED) is 0.551. The number of hydrogen-bond acceptors (Lipinski definition) is 3. The summed E-state index contributed by atoms with van der Waals surface area (Å²) in [6.07, 6.45) is 0. The van der Waals surface area contributed by atoms with Gasteiger partial charge in [0.1, 0.15) is 5.75 Å². The molecular weight excluding hydrogens is 190 g/mol. The van der Waals surface area contributed by atoms with Crippen LogP contribution in [-0.4, -0.2) is 37.4 Å². The fourth-order valence-corrected chi connectivity index (χ4v) is 1.58. The van der Waals surface area contributed by atoms with Crippen molar-refractivity contribution in [1.82, 2.24) is 4.90 Å². The van der Waals surface area contributed by atoms with Crippen LogP contribution in [0.4, 0.5) is 0 Å². The number of carbonyl (C=O) groups is 1. The van der Waals surface area contributed by atoms with Crippen LogP contribution < -0.4 is 4.74 Å². The van der Waals surface area contributed by atoms with Crippen molar-refractivity contribution < 1.29 is 9.53 Å². The van der Waals surface area contributed by atoms with E-state index in [1.807, 2.05) is 25.1 Å². The highest BCUT2D eigenvalue weighted by atomic mass is 16.5. The molecule has 0 unspecified atom stereocenters. The number of hydrogen-bond donors (Lipinski definition) is 0. The average molecular weight is 205 g/mol. The molecule has 1 aliphatic heterocycles. The summed E-state index contributed by atoms with van der Waals surface area (Å²) in [5.74, 6) is 1.02. The van der Waals surface area contributed by atoms with Crippen molar-refractivity contribution in [3.05, 3.63) is 29.3 Å². The molecule has 1 aromatic carbocycles. The predicted molar refractivity (Wildman–Crippen MR) is 58.5 cm³/mol. The third-order valence-electron chi connectivity index (χ3n) is 2.62. The van der Waals surface area contributed by atoms with Crippen LogP contribution in [0.1, 0.15) is 15.9 Å². The van der Waals surface area contributed by atoms with Gasteiger partial charge >= 0.3 is 0 Å². The maximum absolute atomic E-state index is 11.8. The van der Waals surface area contributed by atoms with E-state index in [1.165, 1.54) is 0 Å². The highest BCUT2D eigenvalue weighted by Gasteiger charge is 2.21. The van der Waals surface area contributed by atoms with Gasteiger partial charge in [-0.1, -0.05) is 0 Å². The van der Waals surface area contributed by atoms with Crippen LogP contribution in [-0.2, 0) is 0 Å².